The van der Waals surface area contributed by atoms with Gasteiger partial charge in [-0.15, -0.1) is 0 Å². The van der Waals surface area contributed by atoms with E-state index < -0.39 is 11.9 Å². The minimum absolute atomic E-state index is 0.210. The standard InChI is InChI=1S/C15H17FN4O2/c1-19(15(21)22-2)14-6-13-10(5-12(14)16)3-4-20(13)8-11-7-17-9-18-11/h5-7,9H,3-4,8H2,1-2H3,(H,17,18). The van der Waals surface area contributed by atoms with E-state index in [1.165, 1.54) is 25.1 Å². The number of benzene rings is 1. The zero-order valence-corrected chi connectivity index (χ0v) is 12.5. The summed E-state index contributed by atoms with van der Waals surface area (Å²) in [5.41, 5.74) is 3.07. The summed E-state index contributed by atoms with van der Waals surface area (Å²) < 4.78 is 18.9. The van der Waals surface area contributed by atoms with E-state index >= 15 is 0 Å². The number of carbonyl (C=O) groups is 1. The van der Waals surface area contributed by atoms with Gasteiger partial charge in [-0.25, -0.2) is 14.2 Å². The van der Waals surface area contributed by atoms with Crippen molar-refractivity contribution in [1.82, 2.24) is 9.97 Å². The van der Waals surface area contributed by atoms with E-state index in [9.17, 15) is 9.18 Å². The number of methoxy groups -OCH3 is 1. The smallest absolute Gasteiger partial charge is 0.413 e. The van der Waals surface area contributed by atoms with Gasteiger partial charge in [-0.3, -0.25) is 4.90 Å². The molecular weight excluding hydrogens is 287 g/mol. The molecule has 0 radical (unpaired) electrons. The predicted octanol–water partition coefficient (Wildman–Crippen LogP) is 2.31. The molecule has 0 saturated heterocycles. The second kappa shape index (κ2) is 5.67. The molecule has 2 aromatic rings. The Kier molecular flexibility index (Phi) is 3.70. The van der Waals surface area contributed by atoms with Crippen LogP contribution in [0.25, 0.3) is 0 Å². The lowest BCUT2D eigenvalue weighted by Crippen LogP contribution is -2.27. The molecule has 0 fully saturated rings. The summed E-state index contributed by atoms with van der Waals surface area (Å²) in [5.74, 6) is -0.421. The molecular formula is C15H17FN4O2. The Labute approximate surface area is 127 Å². The van der Waals surface area contributed by atoms with Crippen LogP contribution in [0.1, 0.15) is 11.3 Å². The fraction of sp³-hybridized carbons (Fsp3) is 0.333. The maximum atomic E-state index is 14.2. The zero-order chi connectivity index (χ0) is 15.7. The molecule has 0 spiro atoms. The van der Waals surface area contributed by atoms with Gasteiger partial charge in [-0.05, 0) is 24.1 Å². The van der Waals surface area contributed by atoms with Crippen LogP contribution in [0.4, 0.5) is 20.6 Å². The second-order valence-electron chi connectivity index (χ2n) is 5.21. The number of nitrogens with one attached hydrogen (secondary N) is 1. The number of halogens is 1. The second-order valence-corrected chi connectivity index (χ2v) is 5.21. The Morgan fingerprint density at radius 2 is 2.36 bits per heavy atom. The number of imidazole rings is 1. The van der Waals surface area contributed by atoms with Crippen LogP contribution < -0.4 is 9.80 Å². The van der Waals surface area contributed by atoms with E-state index in [0.717, 1.165) is 29.9 Å². The highest BCUT2D eigenvalue weighted by Crippen LogP contribution is 2.34. The van der Waals surface area contributed by atoms with E-state index in [4.69, 9.17) is 0 Å². The molecule has 0 bridgehead atoms. The number of fused-ring (bicyclic) bond motifs is 1. The van der Waals surface area contributed by atoms with E-state index in [0.29, 0.717) is 6.54 Å². The fourth-order valence-corrected chi connectivity index (χ4v) is 2.70. The predicted molar refractivity (Wildman–Crippen MR) is 80.5 cm³/mol. The van der Waals surface area contributed by atoms with Crippen LogP contribution in [-0.2, 0) is 17.7 Å². The molecule has 0 aliphatic carbocycles. The van der Waals surface area contributed by atoms with Gasteiger partial charge in [0.1, 0.15) is 5.82 Å². The number of hydrogen-bond acceptors (Lipinski definition) is 4. The number of carbonyl (C=O) groups excluding carboxylic acids is 1. The van der Waals surface area contributed by atoms with Gasteiger partial charge in [0.05, 0.1) is 31.4 Å². The molecule has 1 aromatic carbocycles. The zero-order valence-electron chi connectivity index (χ0n) is 12.5. The third kappa shape index (κ3) is 2.49. The Bertz CT molecular complexity index is 687. The first-order chi connectivity index (χ1) is 10.6. The quantitative estimate of drug-likeness (QED) is 0.945. The van der Waals surface area contributed by atoms with E-state index in [2.05, 4.69) is 19.6 Å². The van der Waals surface area contributed by atoms with Crippen molar-refractivity contribution < 1.29 is 13.9 Å². The normalized spacial score (nSPS) is 13.1. The van der Waals surface area contributed by atoms with Crippen LogP contribution in [0.15, 0.2) is 24.7 Å². The number of anilines is 2. The summed E-state index contributed by atoms with van der Waals surface area (Å²) >= 11 is 0. The highest BCUT2D eigenvalue weighted by Gasteiger charge is 2.24. The number of H-pyrrole nitrogens is 1. The summed E-state index contributed by atoms with van der Waals surface area (Å²) in [7, 11) is 2.76. The lowest BCUT2D eigenvalue weighted by molar-refractivity contribution is 0.180. The average Bonchev–Trinajstić information content (AvgIpc) is 3.15. The molecule has 6 nitrogen and oxygen atoms in total. The Balaban J connectivity index is 1.91. The summed E-state index contributed by atoms with van der Waals surface area (Å²) in [6, 6.07) is 3.20. The van der Waals surface area contributed by atoms with E-state index in [1.54, 1.807) is 18.6 Å². The fourth-order valence-electron chi connectivity index (χ4n) is 2.70. The van der Waals surface area contributed by atoms with Gasteiger partial charge in [0.2, 0.25) is 0 Å². The first-order valence-electron chi connectivity index (χ1n) is 6.96. The van der Waals surface area contributed by atoms with E-state index in [-0.39, 0.29) is 5.69 Å². The molecule has 1 aliphatic heterocycles. The molecule has 22 heavy (non-hydrogen) atoms. The number of amides is 1. The lowest BCUT2D eigenvalue weighted by atomic mass is 10.1. The van der Waals surface area contributed by atoms with Crippen molar-refractivity contribution in [3.8, 4) is 0 Å². The number of nitrogens with zero attached hydrogens (tertiary/aromatic N) is 3. The summed E-state index contributed by atoms with van der Waals surface area (Å²) in [4.78, 5) is 22.0. The van der Waals surface area contributed by atoms with Gasteiger partial charge in [0.25, 0.3) is 0 Å². The SMILES string of the molecule is COC(=O)N(C)c1cc2c(cc1F)CCN2Cc1cnc[nH]1. The third-order valence-electron chi connectivity index (χ3n) is 3.87. The average molecular weight is 304 g/mol. The molecule has 2 heterocycles. The molecule has 7 heteroatoms. The van der Waals surface area contributed by atoms with Gasteiger partial charge in [-0.2, -0.15) is 0 Å². The van der Waals surface area contributed by atoms with Crippen LogP contribution in [0, 0.1) is 5.82 Å². The molecule has 0 atom stereocenters. The van der Waals surface area contributed by atoms with Crippen molar-refractivity contribution in [2.45, 2.75) is 13.0 Å². The van der Waals surface area contributed by atoms with Crippen molar-refractivity contribution in [3.05, 3.63) is 41.7 Å². The number of aromatic amines is 1. The van der Waals surface area contributed by atoms with Crippen LogP contribution in [0.3, 0.4) is 0 Å². The van der Waals surface area contributed by atoms with Gasteiger partial charge in [-0.1, -0.05) is 0 Å². The van der Waals surface area contributed by atoms with Gasteiger partial charge < -0.3 is 14.6 Å². The molecule has 1 amide bonds. The highest BCUT2D eigenvalue weighted by molar-refractivity contribution is 5.88. The number of hydrogen-bond donors (Lipinski definition) is 1. The van der Waals surface area contributed by atoms with Crippen LogP contribution in [0.2, 0.25) is 0 Å². The minimum Gasteiger partial charge on any atom is -0.452 e. The van der Waals surface area contributed by atoms with Crippen LogP contribution in [0.5, 0.6) is 0 Å². The van der Waals surface area contributed by atoms with Gasteiger partial charge >= 0.3 is 6.09 Å². The maximum Gasteiger partial charge on any atom is 0.413 e. The molecule has 0 unspecified atom stereocenters. The molecule has 0 saturated carbocycles. The van der Waals surface area contributed by atoms with Gasteiger partial charge in [0, 0.05) is 25.5 Å². The Morgan fingerprint density at radius 3 is 3.05 bits per heavy atom. The number of aromatic nitrogens is 2. The van der Waals surface area contributed by atoms with Gasteiger partial charge in [0.15, 0.2) is 0 Å². The van der Waals surface area contributed by atoms with E-state index in [1.807, 2.05) is 0 Å². The van der Waals surface area contributed by atoms with Crippen molar-refractivity contribution >= 4 is 17.5 Å². The first kappa shape index (κ1) is 14.4. The molecule has 3 rings (SSSR count). The molecule has 116 valence electrons. The monoisotopic (exact) mass is 304 g/mol. The molecule has 1 aromatic heterocycles. The number of ether oxygens (including phenoxy) is 1. The van der Waals surface area contributed by atoms with Crippen molar-refractivity contribution in [3.63, 3.8) is 0 Å². The molecule has 1 N–H and O–H groups in total. The summed E-state index contributed by atoms with van der Waals surface area (Å²) in [6.45, 7) is 1.47. The Morgan fingerprint density at radius 1 is 1.55 bits per heavy atom. The summed E-state index contributed by atoms with van der Waals surface area (Å²) in [5, 5.41) is 0. The first-order valence-corrected chi connectivity index (χ1v) is 6.96. The largest absolute Gasteiger partial charge is 0.452 e. The third-order valence-corrected chi connectivity index (χ3v) is 3.87. The van der Waals surface area contributed by atoms with Crippen LogP contribution >= 0.6 is 0 Å². The highest BCUT2D eigenvalue weighted by atomic mass is 19.1. The maximum absolute atomic E-state index is 14.2. The van der Waals surface area contributed by atoms with Crippen molar-refractivity contribution in [2.24, 2.45) is 0 Å². The topological polar surface area (TPSA) is 61.5 Å². The van der Waals surface area contributed by atoms with Crippen LogP contribution in [-0.4, -0.2) is 36.8 Å². The summed E-state index contributed by atoms with van der Waals surface area (Å²) in [6.07, 6.45) is 3.58. The Hall–Kier alpha value is -2.57. The van der Waals surface area contributed by atoms with Crippen molar-refractivity contribution in [1.29, 1.82) is 0 Å². The van der Waals surface area contributed by atoms with Crippen molar-refractivity contribution in [2.75, 3.05) is 30.5 Å². The minimum atomic E-state index is -0.600. The lowest BCUT2D eigenvalue weighted by Gasteiger charge is -2.22. The molecule has 1 aliphatic rings. The number of rotatable bonds is 3.